The molecule has 1 saturated heterocycles. The van der Waals surface area contributed by atoms with Crippen LogP contribution in [0.4, 0.5) is 13.2 Å². The van der Waals surface area contributed by atoms with Crippen molar-refractivity contribution in [3.8, 4) is 5.69 Å². The molecule has 2 heterocycles. The van der Waals surface area contributed by atoms with Gasteiger partial charge in [-0.3, -0.25) is 0 Å². The number of morpholine rings is 1. The van der Waals surface area contributed by atoms with Gasteiger partial charge in [-0.25, -0.2) is 13.1 Å². The van der Waals surface area contributed by atoms with E-state index in [-0.39, 0.29) is 23.5 Å². The number of hydrogen-bond acceptors (Lipinski definition) is 4. The van der Waals surface area contributed by atoms with Gasteiger partial charge in [0.25, 0.3) is 0 Å². The molecule has 0 unspecified atom stereocenters. The van der Waals surface area contributed by atoms with Gasteiger partial charge in [-0.05, 0) is 49.9 Å². The zero-order chi connectivity index (χ0) is 19.9. The van der Waals surface area contributed by atoms with Crippen LogP contribution in [0, 0.1) is 0 Å². The van der Waals surface area contributed by atoms with Gasteiger partial charge in [-0.2, -0.15) is 22.6 Å². The molecule has 1 aromatic carbocycles. The van der Waals surface area contributed by atoms with Gasteiger partial charge in [-0.1, -0.05) is 0 Å². The fraction of sp³-hybridized carbons (Fsp3) is 0.500. The van der Waals surface area contributed by atoms with E-state index in [1.54, 1.807) is 0 Å². The van der Waals surface area contributed by atoms with Crippen LogP contribution in [0.2, 0.25) is 0 Å². The number of nitrogens with zero attached hydrogens (tertiary/aromatic N) is 3. The molecule has 28 heavy (non-hydrogen) atoms. The average Bonchev–Trinajstić information content (AvgIpc) is 3.09. The highest BCUT2D eigenvalue weighted by Gasteiger charge is 2.39. The van der Waals surface area contributed by atoms with Gasteiger partial charge < -0.3 is 4.74 Å². The number of alkyl halides is 3. The Kier molecular flexibility index (Phi) is 4.96. The lowest BCUT2D eigenvalue weighted by molar-refractivity contribution is -0.142. The lowest BCUT2D eigenvalue weighted by Crippen LogP contribution is -2.40. The zero-order valence-electron chi connectivity index (χ0n) is 15.1. The maximum Gasteiger partial charge on any atom is 0.435 e. The molecule has 0 radical (unpaired) electrons. The van der Waals surface area contributed by atoms with Crippen molar-refractivity contribution < 1.29 is 26.3 Å². The van der Waals surface area contributed by atoms with Crippen molar-refractivity contribution in [2.45, 2.75) is 36.8 Å². The number of aromatic nitrogens is 2. The van der Waals surface area contributed by atoms with E-state index >= 15 is 0 Å². The quantitative estimate of drug-likeness (QED) is 0.773. The Hall–Kier alpha value is -1.91. The van der Waals surface area contributed by atoms with Crippen LogP contribution < -0.4 is 0 Å². The van der Waals surface area contributed by atoms with Crippen molar-refractivity contribution in [3.05, 3.63) is 41.2 Å². The molecular formula is C18H20F3N3O3S. The molecule has 6 nitrogen and oxygen atoms in total. The van der Waals surface area contributed by atoms with E-state index in [0.29, 0.717) is 43.9 Å². The predicted molar refractivity (Wildman–Crippen MR) is 94.8 cm³/mol. The van der Waals surface area contributed by atoms with Crippen LogP contribution in [0.15, 0.2) is 29.2 Å². The molecular weight excluding hydrogens is 395 g/mol. The third-order valence-electron chi connectivity index (χ3n) is 5.14. The summed E-state index contributed by atoms with van der Waals surface area (Å²) >= 11 is 0. The second-order valence-corrected chi connectivity index (χ2v) is 8.84. The maximum absolute atomic E-state index is 13.4. The number of halogens is 3. The van der Waals surface area contributed by atoms with E-state index in [4.69, 9.17) is 4.74 Å². The molecule has 1 fully saturated rings. The largest absolute Gasteiger partial charge is 0.435 e. The van der Waals surface area contributed by atoms with Gasteiger partial charge in [-0.15, -0.1) is 0 Å². The Bertz CT molecular complexity index is 962. The summed E-state index contributed by atoms with van der Waals surface area (Å²) in [5.74, 6) is 0. The van der Waals surface area contributed by atoms with E-state index in [1.165, 1.54) is 33.3 Å². The van der Waals surface area contributed by atoms with Crippen molar-refractivity contribution >= 4 is 10.0 Å². The average molecular weight is 415 g/mol. The standard InChI is InChI=1S/C18H20F3N3O3S/c19-18(20,21)17-15-3-1-2-4-16(15)24(22-17)13-5-7-14(8-6-13)28(25,26)23-9-11-27-12-10-23/h5-8H,1-4,9-12H2. The Morgan fingerprint density at radius 1 is 1.00 bits per heavy atom. The highest BCUT2D eigenvalue weighted by Crippen LogP contribution is 2.36. The minimum atomic E-state index is -4.51. The summed E-state index contributed by atoms with van der Waals surface area (Å²) < 4.78 is 73.3. The Balaban J connectivity index is 1.69. The van der Waals surface area contributed by atoms with E-state index in [0.717, 1.165) is 6.42 Å². The molecule has 0 saturated carbocycles. The lowest BCUT2D eigenvalue weighted by Gasteiger charge is -2.26. The number of rotatable bonds is 3. The van der Waals surface area contributed by atoms with Gasteiger partial charge in [0, 0.05) is 24.3 Å². The minimum Gasteiger partial charge on any atom is -0.379 e. The van der Waals surface area contributed by atoms with Crippen molar-refractivity contribution in [2.75, 3.05) is 26.3 Å². The van der Waals surface area contributed by atoms with E-state index < -0.39 is 21.9 Å². The normalized spacial score (nSPS) is 18.8. The smallest absolute Gasteiger partial charge is 0.379 e. The van der Waals surface area contributed by atoms with Crippen molar-refractivity contribution in [1.29, 1.82) is 0 Å². The summed E-state index contributed by atoms with van der Waals surface area (Å²) in [5.41, 5.74) is 0.396. The van der Waals surface area contributed by atoms with Gasteiger partial charge in [0.2, 0.25) is 10.0 Å². The second-order valence-electron chi connectivity index (χ2n) is 6.90. The van der Waals surface area contributed by atoms with Crippen LogP contribution in [0.3, 0.4) is 0 Å². The molecule has 2 aliphatic rings. The lowest BCUT2D eigenvalue weighted by atomic mass is 9.95. The molecule has 4 rings (SSSR count). The number of fused-ring (bicyclic) bond motifs is 1. The molecule has 10 heteroatoms. The minimum absolute atomic E-state index is 0.107. The SMILES string of the molecule is O=S(=O)(c1ccc(-n2nc(C(F)(F)F)c3c2CCCC3)cc1)N1CCOCC1. The molecule has 0 N–H and O–H groups in total. The van der Waals surface area contributed by atoms with Gasteiger partial charge in [0.1, 0.15) is 0 Å². The second kappa shape index (κ2) is 7.16. The van der Waals surface area contributed by atoms with Crippen LogP contribution in [-0.2, 0) is 33.8 Å². The van der Waals surface area contributed by atoms with Crippen molar-refractivity contribution in [2.24, 2.45) is 0 Å². The Labute approximate surface area is 160 Å². The monoisotopic (exact) mass is 415 g/mol. The third-order valence-corrected chi connectivity index (χ3v) is 7.05. The molecule has 2 aromatic rings. The van der Waals surface area contributed by atoms with Crippen LogP contribution in [0.1, 0.15) is 29.8 Å². The molecule has 0 bridgehead atoms. The third kappa shape index (κ3) is 3.44. The van der Waals surface area contributed by atoms with Gasteiger partial charge in [0.15, 0.2) is 5.69 Å². The predicted octanol–water partition coefficient (Wildman–Crippen LogP) is 2.79. The number of hydrogen-bond donors (Lipinski definition) is 0. The summed E-state index contributed by atoms with van der Waals surface area (Å²) in [6, 6.07) is 5.86. The summed E-state index contributed by atoms with van der Waals surface area (Å²) in [6.45, 7) is 1.26. The molecule has 0 atom stereocenters. The van der Waals surface area contributed by atoms with Gasteiger partial charge in [0.05, 0.1) is 23.8 Å². The topological polar surface area (TPSA) is 64.4 Å². The first-order valence-electron chi connectivity index (χ1n) is 9.15. The van der Waals surface area contributed by atoms with Crippen LogP contribution >= 0.6 is 0 Å². The van der Waals surface area contributed by atoms with Crippen molar-refractivity contribution in [1.82, 2.24) is 14.1 Å². The number of benzene rings is 1. The zero-order valence-corrected chi connectivity index (χ0v) is 15.9. The highest BCUT2D eigenvalue weighted by atomic mass is 32.2. The first-order valence-corrected chi connectivity index (χ1v) is 10.6. The first-order chi connectivity index (χ1) is 13.3. The summed E-state index contributed by atoms with van der Waals surface area (Å²) in [7, 11) is -3.65. The van der Waals surface area contributed by atoms with Crippen molar-refractivity contribution in [3.63, 3.8) is 0 Å². The fourth-order valence-corrected chi connectivity index (χ4v) is 5.14. The Morgan fingerprint density at radius 2 is 1.64 bits per heavy atom. The molecule has 0 spiro atoms. The maximum atomic E-state index is 13.4. The number of sulfonamides is 1. The number of ether oxygens (including phenoxy) is 1. The molecule has 1 aliphatic heterocycles. The molecule has 0 amide bonds. The fourth-order valence-electron chi connectivity index (χ4n) is 3.74. The van der Waals surface area contributed by atoms with E-state index in [9.17, 15) is 21.6 Å². The first kappa shape index (κ1) is 19.4. The molecule has 1 aromatic heterocycles. The highest BCUT2D eigenvalue weighted by molar-refractivity contribution is 7.89. The molecule has 152 valence electrons. The van der Waals surface area contributed by atoms with E-state index in [2.05, 4.69) is 5.10 Å². The van der Waals surface area contributed by atoms with Gasteiger partial charge >= 0.3 is 6.18 Å². The summed E-state index contributed by atoms with van der Waals surface area (Å²) in [4.78, 5) is 0.107. The Morgan fingerprint density at radius 3 is 2.29 bits per heavy atom. The molecule has 1 aliphatic carbocycles. The van der Waals surface area contributed by atoms with Crippen LogP contribution in [-0.4, -0.2) is 48.8 Å². The van der Waals surface area contributed by atoms with Crippen LogP contribution in [0.25, 0.3) is 5.69 Å². The van der Waals surface area contributed by atoms with E-state index in [1.807, 2.05) is 0 Å². The van der Waals surface area contributed by atoms with Crippen LogP contribution in [0.5, 0.6) is 0 Å². The summed E-state index contributed by atoms with van der Waals surface area (Å²) in [5, 5.41) is 3.83. The summed E-state index contributed by atoms with van der Waals surface area (Å²) in [6.07, 6.45) is -2.12.